The van der Waals surface area contributed by atoms with E-state index in [0.29, 0.717) is 31.2 Å². The Hall–Kier alpha value is -1.06. The van der Waals surface area contributed by atoms with Crippen LogP contribution >= 0.6 is 0 Å². The third-order valence-electron chi connectivity index (χ3n) is 5.34. The molecule has 2 rings (SSSR count). The summed E-state index contributed by atoms with van der Waals surface area (Å²) in [6.45, 7) is 4.66. The average Bonchev–Trinajstić information content (AvgIpc) is 2.81. The van der Waals surface area contributed by atoms with Gasteiger partial charge in [-0.1, -0.05) is 39.0 Å². The summed E-state index contributed by atoms with van der Waals surface area (Å²) in [5.74, 6) is 0.108. The maximum atomic E-state index is 12.4. The highest BCUT2D eigenvalue weighted by molar-refractivity contribution is 5.79. The van der Waals surface area contributed by atoms with Gasteiger partial charge in [0.15, 0.2) is 0 Å². The van der Waals surface area contributed by atoms with Gasteiger partial charge in [0.1, 0.15) is 0 Å². The van der Waals surface area contributed by atoms with Gasteiger partial charge in [-0.05, 0) is 25.2 Å². The van der Waals surface area contributed by atoms with E-state index in [4.69, 9.17) is 5.11 Å². The first-order valence-corrected chi connectivity index (χ1v) is 8.03. The smallest absolute Gasteiger partial charge is 0.308 e. The van der Waals surface area contributed by atoms with E-state index in [-0.39, 0.29) is 17.9 Å². The van der Waals surface area contributed by atoms with Crippen LogP contribution in [0.4, 0.5) is 0 Å². The fourth-order valence-electron chi connectivity index (χ4n) is 3.88. The molecule has 0 spiro atoms. The van der Waals surface area contributed by atoms with Crippen LogP contribution in [0.25, 0.3) is 0 Å². The summed E-state index contributed by atoms with van der Waals surface area (Å²) in [6.07, 6.45) is 7.61. The minimum Gasteiger partial charge on any atom is -0.481 e. The van der Waals surface area contributed by atoms with Gasteiger partial charge in [-0.3, -0.25) is 9.59 Å². The summed E-state index contributed by atoms with van der Waals surface area (Å²) in [6, 6.07) is -0.154. The van der Waals surface area contributed by atoms with Crippen molar-refractivity contribution in [1.82, 2.24) is 4.90 Å². The highest BCUT2D eigenvalue weighted by Gasteiger charge is 2.38. The van der Waals surface area contributed by atoms with Gasteiger partial charge in [0.25, 0.3) is 0 Å². The summed E-state index contributed by atoms with van der Waals surface area (Å²) in [7, 11) is 0. The first-order valence-electron chi connectivity index (χ1n) is 8.03. The molecular weight excluding hydrogens is 254 g/mol. The third kappa shape index (κ3) is 3.33. The largest absolute Gasteiger partial charge is 0.481 e. The van der Waals surface area contributed by atoms with E-state index in [1.807, 2.05) is 6.92 Å². The molecule has 0 aromatic rings. The highest BCUT2D eigenvalue weighted by atomic mass is 16.4. The molecule has 20 heavy (non-hydrogen) atoms. The molecule has 4 heteroatoms. The number of carboxylic acid groups (broad SMARTS) is 1. The molecule has 3 atom stereocenters. The molecule has 1 aliphatic heterocycles. The predicted octanol–water partition coefficient (Wildman–Crippen LogP) is 2.91. The van der Waals surface area contributed by atoms with Crippen LogP contribution in [0.5, 0.6) is 0 Å². The van der Waals surface area contributed by atoms with Crippen molar-refractivity contribution in [2.45, 2.75) is 64.8 Å². The van der Waals surface area contributed by atoms with E-state index >= 15 is 0 Å². The van der Waals surface area contributed by atoms with E-state index in [9.17, 15) is 9.59 Å². The van der Waals surface area contributed by atoms with Crippen molar-refractivity contribution in [2.75, 3.05) is 6.54 Å². The Bertz CT molecular complexity index is 363. The van der Waals surface area contributed by atoms with Gasteiger partial charge in [0, 0.05) is 19.0 Å². The summed E-state index contributed by atoms with van der Waals surface area (Å²) in [5.41, 5.74) is 0. The first kappa shape index (κ1) is 15.3. The van der Waals surface area contributed by atoms with Crippen LogP contribution in [-0.2, 0) is 9.59 Å². The van der Waals surface area contributed by atoms with Crippen molar-refractivity contribution in [1.29, 1.82) is 0 Å². The van der Waals surface area contributed by atoms with Crippen LogP contribution in [0.2, 0.25) is 0 Å². The molecule has 1 saturated heterocycles. The molecule has 1 amide bonds. The average molecular weight is 281 g/mol. The van der Waals surface area contributed by atoms with Crippen molar-refractivity contribution < 1.29 is 14.7 Å². The van der Waals surface area contributed by atoms with Crippen molar-refractivity contribution in [3.05, 3.63) is 0 Å². The molecule has 114 valence electrons. The summed E-state index contributed by atoms with van der Waals surface area (Å²) in [5, 5.41) is 9.13. The van der Waals surface area contributed by atoms with Crippen LogP contribution in [-0.4, -0.2) is 34.5 Å². The van der Waals surface area contributed by atoms with Gasteiger partial charge < -0.3 is 10.0 Å². The minimum atomic E-state index is -0.770. The van der Waals surface area contributed by atoms with E-state index in [0.717, 1.165) is 0 Å². The van der Waals surface area contributed by atoms with Gasteiger partial charge in [-0.15, -0.1) is 0 Å². The van der Waals surface area contributed by atoms with E-state index in [2.05, 4.69) is 6.92 Å². The van der Waals surface area contributed by atoms with Crippen LogP contribution in [0.3, 0.4) is 0 Å². The summed E-state index contributed by atoms with van der Waals surface area (Å²) in [4.78, 5) is 25.3. The number of rotatable bonds is 4. The molecule has 1 saturated carbocycles. The molecule has 4 nitrogen and oxygen atoms in total. The fourth-order valence-corrected chi connectivity index (χ4v) is 3.88. The Morgan fingerprint density at radius 1 is 1.20 bits per heavy atom. The number of carboxylic acids is 1. The molecule has 0 aromatic carbocycles. The number of carbonyl (C=O) groups excluding carboxylic acids is 1. The van der Waals surface area contributed by atoms with Crippen molar-refractivity contribution >= 4 is 11.9 Å². The lowest BCUT2D eigenvalue weighted by atomic mass is 9.79. The quantitative estimate of drug-likeness (QED) is 0.862. The van der Waals surface area contributed by atoms with Gasteiger partial charge >= 0.3 is 5.97 Å². The molecule has 0 aromatic heterocycles. The lowest BCUT2D eigenvalue weighted by molar-refractivity contribution is -0.143. The minimum absolute atomic E-state index is 0.152. The Morgan fingerprint density at radius 3 is 2.40 bits per heavy atom. The molecule has 1 N–H and O–H groups in total. The van der Waals surface area contributed by atoms with Crippen LogP contribution in [0.1, 0.15) is 58.8 Å². The number of nitrogens with zero attached hydrogens (tertiary/aromatic N) is 1. The van der Waals surface area contributed by atoms with Crippen molar-refractivity contribution in [2.24, 2.45) is 17.8 Å². The molecule has 2 fully saturated rings. The fraction of sp³-hybridized carbons (Fsp3) is 0.875. The Kier molecular flexibility index (Phi) is 5.06. The second-order valence-corrected chi connectivity index (χ2v) is 6.64. The van der Waals surface area contributed by atoms with Gasteiger partial charge in [-0.2, -0.15) is 0 Å². The zero-order chi connectivity index (χ0) is 14.7. The number of likely N-dealkylation sites (tertiary alicyclic amines) is 1. The zero-order valence-electron chi connectivity index (χ0n) is 12.7. The predicted molar refractivity (Wildman–Crippen MR) is 77.3 cm³/mol. The second kappa shape index (κ2) is 6.59. The van der Waals surface area contributed by atoms with Gasteiger partial charge in [0.2, 0.25) is 5.91 Å². The Morgan fingerprint density at radius 2 is 1.85 bits per heavy atom. The molecule has 0 bridgehead atoms. The monoisotopic (exact) mass is 281 g/mol. The number of hydrogen-bond donors (Lipinski definition) is 1. The molecular formula is C16H27NO3. The number of hydrogen-bond acceptors (Lipinski definition) is 2. The lowest BCUT2D eigenvalue weighted by Gasteiger charge is -2.30. The van der Waals surface area contributed by atoms with Crippen molar-refractivity contribution in [3.63, 3.8) is 0 Å². The topological polar surface area (TPSA) is 57.6 Å². The van der Waals surface area contributed by atoms with E-state index in [1.54, 1.807) is 4.90 Å². The lowest BCUT2D eigenvalue weighted by Crippen LogP contribution is -2.38. The molecule has 0 radical (unpaired) electrons. The highest BCUT2D eigenvalue weighted by Crippen LogP contribution is 2.33. The first-order chi connectivity index (χ1) is 9.50. The van der Waals surface area contributed by atoms with E-state index in [1.165, 1.54) is 32.1 Å². The summed E-state index contributed by atoms with van der Waals surface area (Å²) < 4.78 is 0. The third-order valence-corrected chi connectivity index (χ3v) is 5.34. The van der Waals surface area contributed by atoms with Crippen LogP contribution < -0.4 is 0 Å². The zero-order valence-corrected chi connectivity index (χ0v) is 12.7. The van der Waals surface area contributed by atoms with Crippen LogP contribution in [0.15, 0.2) is 0 Å². The maximum Gasteiger partial charge on any atom is 0.308 e. The number of aliphatic carboxylic acids is 1. The maximum absolute atomic E-state index is 12.4. The second-order valence-electron chi connectivity index (χ2n) is 6.64. The van der Waals surface area contributed by atoms with E-state index < -0.39 is 5.97 Å². The number of carbonyl (C=O) groups is 2. The molecule has 2 aliphatic rings. The molecule has 1 aliphatic carbocycles. The standard InChI is InChI=1S/C16H27NO3/c1-11(13-6-4-3-5-7-13)10-15(18)17-9-8-14(12(17)2)16(19)20/h11-14H,3-10H2,1-2H3,(H,19,20). The Balaban J connectivity index is 1.87. The normalized spacial score (nSPS) is 29.4. The van der Waals surface area contributed by atoms with Gasteiger partial charge in [-0.25, -0.2) is 0 Å². The van der Waals surface area contributed by atoms with Crippen LogP contribution in [0, 0.1) is 17.8 Å². The molecule has 1 heterocycles. The number of amides is 1. The SMILES string of the molecule is CC(CC(=O)N1CCC(C(=O)O)C1C)C1CCCCC1. The molecule has 3 unspecified atom stereocenters. The Labute approximate surface area is 121 Å². The van der Waals surface area contributed by atoms with Gasteiger partial charge in [0.05, 0.1) is 5.92 Å². The van der Waals surface area contributed by atoms with Crippen molar-refractivity contribution in [3.8, 4) is 0 Å². The summed E-state index contributed by atoms with van der Waals surface area (Å²) >= 11 is 0.